The second kappa shape index (κ2) is 3.12. The molecular weight excluding hydrogens is 188 g/mol. The number of rotatable bonds is 0. The molecule has 0 unspecified atom stereocenters. The van der Waals surface area contributed by atoms with Gasteiger partial charge in [0.05, 0.1) is 6.20 Å². The highest BCUT2D eigenvalue weighted by Gasteiger charge is 2.15. The first kappa shape index (κ1) is 8.53. The largest absolute Gasteiger partial charge is 0.381 e. The Kier molecular flexibility index (Phi) is 1.78. The van der Waals surface area contributed by atoms with Gasteiger partial charge in [-0.1, -0.05) is 22.9 Å². The lowest BCUT2D eigenvalue weighted by Crippen LogP contribution is -1.98. The van der Waals surface area contributed by atoms with Crippen LogP contribution in [0.5, 0.6) is 0 Å². The molecule has 2 aromatic rings. The molecule has 0 amide bonds. The Morgan fingerprint density at radius 1 is 1.33 bits per heavy atom. The maximum Gasteiger partial charge on any atom is 0.146 e. The number of nitrogens with one attached hydrogen (secondary N) is 1. The summed E-state index contributed by atoms with van der Waals surface area (Å²) in [5.41, 5.74) is 4.92. The Morgan fingerprint density at radius 2 is 2.27 bits per heavy atom. The van der Waals surface area contributed by atoms with Crippen molar-refractivity contribution in [1.82, 2.24) is 5.16 Å². The predicted molar refractivity (Wildman–Crippen MR) is 57.8 cm³/mol. The van der Waals surface area contributed by atoms with Crippen LogP contribution in [0.2, 0.25) is 0 Å². The van der Waals surface area contributed by atoms with Gasteiger partial charge in [-0.3, -0.25) is 0 Å². The molecule has 0 radical (unpaired) electrons. The fourth-order valence-electron chi connectivity index (χ4n) is 1.98. The first-order valence-corrected chi connectivity index (χ1v) is 5.09. The van der Waals surface area contributed by atoms with Crippen LogP contribution in [0.4, 0.5) is 5.69 Å². The number of anilines is 1. The molecule has 15 heavy (non-hydrogen) atoms. The summed E-state index contributed by atoms with van der Waals surface area (Å²) in [6.45, 7) is 2.90. The number of aryl methyl sites for hydroxylation is 1. The monoisotopic (exact) mass is 200 g/mol. The Hall–Kier alpha value is -1.77. The third kappa shape index (κ3) is 1.40. The Balaban J connectivity index is 2.10. The van der Waals surface area contributed by atoms with E-state index in [9.17, 15) is 0 Å². The van der Waals surface area contributed by atoms with Crippen LogP contribution in [-0.4, -0.2) is 5.16 Å². The van der Waals surface area contributed by atoms with Gasteiger partial charge in [-0.15, -0.1) is 0 Å². The van der Waals surface area contributed by atoms with Gasteiger partial charge < -0.3 is 9.84 Å². The fourth-order valence-corrected chi connectivity index (χ4v) is 1.98. The second-order valence-electron chi connectivity index (χ2n) is 3.97. The summed E-state index contributed by atoms with van der Waals surface area (Å²) in [5, 5.41) is 7.22. The smallest absolute Gasteiger partial charge is 0.146 e. The van der Waals surface area contributed by atoms with Crippen LogP contribution in [0.3, 0.4) is 0 Å². The van der Waals surface area contributed by atoms with Gasteiger partial charge >= 0.3 is 0 Å². The van der Waals surface area contributed by atoms with Crippen molar-refractivity contribution in [2.24, 2.45) is 0 Å². The van der Waals surface area contributed by atoms with Gasteiger partial charge in [0, 0.05) is 24.2 Å². The average Bonchev–Trinajstić information content (AvgIpc) is 2.58. The van der Waals surface area contributed by atoms with Gasteiger partial charge in [-0.25, -0.2) is 0 Å². The topological polar surface area (TPSA) is 38.1 Å². The van der Waals surface area contributed by atoms with Crippen LogP contribution in [-0.2, 0) is 13.0 Å². The van der Waals surface area contributed by atoms with Crippen molar-refractivity contribution in [2.45, 2.75) is 19.9 Å². The van der Waals surface area contributed by atoms with Gasteiger partial charge in [0.25, 0.3) is 0 Å². The van der Waals surface area contributed by atoms with Gasteiger partial charge in [-0.2, -0.15) is 0 Å². The van der Waals surface area contributed by atoms with Crippen molar-refractivity contribution in [3.8, 4) is 0 Å². The van der Waals surface area contributed by atoms with Crippen molar-refractivity contribution < 1.29 is 4.52 Å². The van der Waals surface area contributed by atoms with E-state index in [2.05, 4.69) is 35.6 Å². The van der Waals surface area contributed by atoms with E-state index >= 15 is 0 Å². The van der Waals surface area contributed by atoms with Crippen molar-refractivity contribution in [2.75, 3.05) is 5.32 Å². The predicted octanol–water partition coefficient (Wildman–Crippen LogP) is 2.50. The highest BCUT2D eigenvalue weighted by atomic mass is 16.5. The van der Waals surface area contributed by atoms with Crippen LogP contribution in [0.15, 0.2) is 28.9 Å². The molecule has 1 aromatic carbocycles. The zero-order valence-electron chi connectivity index (χ0n) is 8.58. The van der Waals surface area contributed by atoms with Crippen LogP contribution >= 0.6 is 0 Å². The molecule has 0 saturated carbocycles. The first-order chi connectivity index (χ1) is 7.33. The van der Waals surface area contributed by atoms with Crippen LogP contribution < -0.4 is 5.32 Å². The van der Waals surface area contributed by atoms with E-state index in [0.717, 1.165) is 24.3 Å². The lowest BCUT2D eigenvalue weighted by Gasteiger charge is -2.07. The molecule has 0 atom stereocenters. The van der Waals surface area contributed by atoms with Crippen molar-refractivity contribution in [3.05, 3.63) is 46.8 Å². The van der Waals surface area contributed by atoms with E-state index < -0.39 is 0 Å². The van der Waals surface area contributed by atoms with Gasteiger partial charge in [-0.05, 0) is 18.6 Å². The Bertz CT molecular complexity index is 502. The Labute approximate surface area is 88.1 Å². The summed E-state index contributed by atoms with van der Waals surface area (Å²) >= 11 is 0. The average molecular weight is 200 g/mol. The first-order valence-electron chi connectivity index (χ1n) is 5.09. The molecule has 3 heteroatoms. The summed E-state index contributed by atoms with van der Waals surface area (Å²) in [6.07, 6.45) is 2.63. The number of benzene rings is 1. The minimum Gasteiger partial charge on any atom is -0.381 e. The number of nitrogens with zero attached hydrogens (tertiary/aromatic N) is 1. The van der Waals surface area contributed by atoms with E-state index in [1.165, 1.54) is 16.8 Å². The molecule has 1 aliphatic heterocycles. The van der Waals surface area contributed by atoms with Crippen LogP contribution in [0.1, 0.15) is 22.5 Å². The minimum atomic E-state index is 0.800. The summed E-state index contributed by atoms with van der Waals surface area (Å²) in [4.78, 5) is 0. The van der Waals surface area contributed by atoms with E-state index in [-0.39, 0.29) is 0 Å². The molecule has 3 rings (SSSR count). The second-order valence-corrected chi connectivity index (χ2v) is 3.97. The number of hydrogen-bond acceptors (Lipinski definition) is 3. The minimum absolute atomic E-state index is 0.800. The molecule has 0 bridgehead atoms. The highest BCUT2D eigenvalue weighted by molar-refractivity contribution is 5.56. The maximum atomic E-state index is 5.24. The standard InChI is InChI=1S/C12H12N2O/c1-8-2-3-11-9(4-8)5-12-10(6-13-11)7-14-15-12/h2-4,7,13H,5-6H2,1H3. The summed E-state index contributed by atoms with van der Waals surface area (Å²) in [6, 6.07) is 6.45. The van der Waals surface area contributed by atoms with Gasteiger partial charge in [0.2, 0.25) is 0 Å². The molecule has 1 aromatic heterocycles. The summed E-state index contributed by atoms with van der Waals surface area (Å²) in [5.74, 6) is 0.979. The normalized spacial score (nSPS) is 13.7. The van der Waals surface area contributed by atoms with Crippen molar-refractivity contribution in [3.63, 3.8) is 0 Å². The molecular formula is C12H12N2O. The lowest BCUT2D eigenvalue weighted by atomic mass is 10.1. The van der Waals surface area contributed by atoms with Gasteiger partial charge in [0.15, 0.2) is 0 Å². The SMILES string of the molecule is Cc1ccc2c(c1)Cc1oncc1CN2. The Morgan fingerprint density at radius 3 is 3.20 bits per heavy atom. The quantitative estimate of drug-likeness (QED) is 0.710. The molecule has 3 nitrogen and oxygen atoms in total. The third-order valence-electron chi connectivity index (χ3n) is 2.81. The highest BCUT2D eigenvalue weighted by Crippen LogP contribution is 2.26. The number of aromatic nitrogens is 1. The van der Waals surface area contributed by atoms with Crippen molar-refractivity contribution in [1.29, 1.82) is 0 Å². The van der Waals surface area contributed by atoms with E-state index in [0.29, 0.717) is 0 Å². The molecule has 0 fully saturated rings. The molecule has 1 N–H and O–H groups in total. The number of hydrogen-bond donors (Lipinski definition) is 1. The zero-order chi connectivity index (χ0) is 10.3. The molecule has 1 aliphatic rings. The van der Waals surface area contributed by atoms with E-state index in [4.69, 9.17) is 4.52 Å². The summed E-state index contributed by atoms with van der Waals surface area (Å²) in [7, 11) is 0. The lowest BCUT2D eigenvalue weighted by molar-refractivity contribution is 0.388. The van der Waals surface area contributed by atoms with E-state index in [1.807, 2.05) is 0 Å². The zero-order valence-corrected chi connectivity index (χ0v) is 8.58. The molecule has 0 saturated heterocycles. The van der Waals surface area contributed by atoms with Crippen LogP contribution in [0, 0.1) is 6.92 Å². The van der Waals surface area contributed by atoms with E-state index in [1.54, 1.807) is 6.20 Å². The molecule has 0 spiro atoms. The molecule has 0 aliphatic carbocycles. The summed E-state index contributed by atoms with van der Waals surface area (Å²) < 4.78 is 5.24. The molecule has 76 valence electrons. The van der Waals surface area contributed by atoms with Crippen molar-refractivity contribution >= 4 is 5.69 Å². The van der Waals surface area contributed by atoms with Gasteiger partial charge in [0.1, 0.15) is 5.76 Å². The maximum absolute atomic E-state index is 5.24. The molecule has 2 heterocycles. The van der Waals surface area contributed by atoms with Crippen LogP contribution in [0.25, 0.3) is 0 Å². The number of fused-ring (bicyclic) bond motifs is 2. The fraction of sp³-hybridized carbons (Fsp3) is 0.250. The third-order valence-corrected chi connectivity index (χ3v) is 2.81.